The Labute approximate surface area is 195 Å². The van der Waals surface area contributed by atoms with Gasteiger partial charge in [-0.25, -0.2) is 9.97 Å². The van der Waals surface area contributed by atoms with Crippen molar-refractivity contribution in [3.63, 3.8) is 0 Å². The van der Waals surface area contributed by atoms with Gasteiger partial charge in [-0.3, -0.25) is 4.79 Å². The topological polar surface area (TPSA) is 55.3 Å². The monoisotopic (exact) mass is 441 g/mol. The number of aromatic nitrogens is 2. The van der Waals surface area contributed by atoms with Crippen molar-refractivity contribution >= 4 is 11.6 Å². The first kappa shape index (κ1) is 21.6. The molecule has 0 atom stereocenters. The second-order valence-electron chi connectivity index (χ2n) is 9.63. The summed E-state index contributed by atoms with van der Waals surface area (Å²) in [5, 5.41) is 0. The average molecular weight is 442 g/mol. The first-order valence-electron chi connectivity index (χ1n) is 11.8. The number of benzene rings is 2. The van der Waals surface area contributed by atoms with Crippen LogP contribution in [0.5, 0.6) is 5.75 Å². The fraction of sp³-hybridized carbons (Fsp3) is 0.393. The minimum absolute atomic E-state index is 0.200. The molecule has 5 rings (SSSR count). The maximum atomic E-state index is 13.0. The summed E-state index contributed by atoms with van der Waals surface area (Å²) in [5.74, 6) is 2.77. The van der Waals surface area contributed by atoms with E-state index in [2.05, 4.69) is 48.0 Å². The number of hydrogen-bond acceptors (Lipinski definition) is 5. The van der Waals surface area contributed by atoms with Crippen molar-refractivity contribution in [2.75, 3.05) is 18.0 Å². The Hall–Kier alpha value is -3.21. The number of fused-ring (bicyclic) bond motifs is 1. The molecule has 0 amide bonds. The van der Waals surface area contributed by atoms with E-state index in [1.807, 2.05) is 32.0 Å². The van der Waals surface area contributed by atoms with Crippen molar-refractivity contribution in [3.8, 4) is 5.75 Å². The zero-order valence-electron chi connectivity index (χ0n) is 19.9. The minimum atomic E-state index is -0.418. The maximum absolute atomic E-state index is 13.0. The number of piperidine rings is 1. The van der Waals surface area contributed by atoms with Gasteiger partial charge in [0.05, 0.1) is 12.0 Å². The van der Waals surface area contributed by atoms with Crippen LogP contribution < -0.4 is 9.64 Å². The molecule has 0 saturated carbocycles. The van der Waals surface area contributed by atoms with Gasteiger partial charge in [-0.2, -0.15) is 0 Å². The largest absolute Gasteiger partial charge is 0.486 e. The molecule has 170 valence electrons. The van der Waals surface area contributed by atoms with Crippen molar-refractivity contribution < 1.29 is 9.53 Å². The molecule has 3 aromatic rings. The van der Waals surface area contributed by atoms with E-state index in [0.717, 1.165) is 72.1 Å². The lowest BCUT2D eigenvalue weighted by Crippen LogP contribution is -2.51. The van der Waals surface area contributed by atoms with E-state index in [9.17, 15) is 4.79 Å². The van der Waals surface area contributed by atoms with Gasteiger partial charge in [-0.15, -0.1) is 0 Å². The van der Waals surface area contributed by atoms with Crippen molar-refractivity contribution in [1.82, 2.24) is 9.97 Å². The number of carbonyl (C=O) groups excluding carboxylic acids is 1. The van der Waals surface area contributed by atoms with Crippen LogP contribution in [0.15, 0.2) is 42.5 Å². The molecular weight excluding hydrogens is 410 g/mol. The Morgan fingerprint density at radius 3 is 2.39 bits per heavy atom. The van der Waals surface area contributed by atoms with Crippen molar-refractivity contribution in [2.24, 2.45) is 0 Å². The van der Waals surface area contributed by atoms with Gasteiger partial charge < -0.3 is 9.64 Å². The summed E-state index contributed by atoms with van der Waals surface area (Å²) in [7, 11) is 0. The van der Waals surface area contributed by atoms with Gasteiger partial charge in [0.1, 0.15) is 23.0 Å². The van der Waals surface area contributed by atoms with E-state index >= 15 is 0 Å². The number of aryl methyl sites for hydroxylation is 4. The number of Topliss-reactive ketones (excluding diaryl/α,β-unsaturated/α-hetero) is 1. The number of anilines is 1. The van der Waals surface area contributed by atoms with Crippen LogP contribution in [0, 0.1) is 27.7 Å². The van der Waals surface area contributed by atoms with Gasteiger partial charge in [0.2, 0.25) is 0 Å². The van der Waals surface area contributed by atoms with Crippen LogP contribution in [0.4, 0.5) is 5.82 Å². The molecule has 5 heteroatoms. The van der Waals surface area contributed by atoms with Gasteiger partial charge in [0.15, 0.2) is 5.78 Å². The number of hydrogen-bond donors (Lipinski definition) is 0. The Balaban J connectivity index is 1.39. The van der Waals surface area contributed by atoms with Crippen molar-refractivity contribution in [1.29, 1.82) is 0 Å². The maximum Gasteiger partial charge on any atom is 0.170 e. The molecule has 0 radical (unpaired) electrons. The molecule has 1 fully saturated rings. The summed E-state index contributed by atoms with van der Waals surface area (Å²) < 4.78 is 6.54. The standard InChI is InChI=1S/C28H31N3O2/c1-18-14-24-25(32)17-28(33-26(24)15-19(18)2)10-12-31(13-11-28)27-23(20(3)29-21(4)30-27)16-22-8-6-5-7-9-22/h5-9,14-15H,10-13,16-17H2,1-4H3. The fourth-order valence-corrected chi connectivity index (χ4v) is 5.14. The molecule has 2 aromatic carbocycles. The Kier molecular flexibility index (Phi) is 5.43. The summed E-state index contributed by atoms with van der Waals surface area (Å²) in [6, 6.07) is 14.5. The predicted molar refractivity (Wildman–Crippen MR) is 130 cm³/mol. The van der Waals surface area contributed by atoms with Gasteiger partial charge in [0, 0.05) is 43.6 Å². The van der Waals surface area contributed by atoms with E-state index in [1.165, 1.54) is 11.1 Å². The number of ether oxygens (including phenoxy) is 1. The SMILES string of the molecule is Cc1nc(C)c(Cc2ccccc2)c(N2CCC3(CC2)CC(=O)c2cc(C)c(C)cc2O3)n1. The van der Waals surface area contributed by atoms with E-state index in [0.29, 0.717) is 6.42 Å². The zero-order valence-corrected chi connectivity index (χ0v) is 19.9. The molecule has 3 heterocycles. The first-order chi connectivity index (χ1) is 15.8. The molecule has 33 heavy (non-hydrogen) atoms. The smallest absolute Gasteiger partial charge is 0.170 e. The van der Waals surface area contributed by atoms with Crippen LogP contribution in [-0.4, -0.2) is 34.4 Å². The molecule has 1 spiro atoms. The summed E-state index contributed by atoms with van der Waals surface area (Å²) in [5.41, 5.74) is 6.08. The summed E-state index contributed by atoms with van der Waals surface area (Å²) >= 11 is 0. The van der Waals surface area contributed by atoms with E-state index in [4.69, 9.17) is 9.72 Å². The van der Waals surface area contributed by atoms with Crippen molar-refractivity contribution in [2.45, 2.75) is 59.0 Å². The molecular formula is C28H31N3O2. The average Bonchev–Trinajstić information content (AvgIpc) is 2.78. The van der Waals surface area contributed by atoms with Crippen LogP contribution in [-0.2, 0) is 6.42 Å². The third-order valence-corrected chi connectivity index (χ3v) is 7.21. The molecule has 2 aliphatic heterocycles. The van der Waals surface area contributed by atoms with Gasteiger partial charge in [0.25, 0.3) is 0 Å². The molecule has 5 nitrogen and oxygen atoms in total. The number of carbonyl (C=O) groups is 1. The van der Waals surface area contributed by atoms with Crippen LogP contribution in [0.25, 0.3) is 0 Å². The second-order valence-corrected chi connectivity index (χ2v) is 9.63. The minimum Gasteiger partial charge on any atom is -0.486 e. The highest BCUT2D eigenvalue weighted by molar-refractivity contribution is 6.00. The highest BCUT2D eigenvalue weighted by Crippen LogP contribution is 2.41. The van der Waals surface area contributed by atoms with Crippen LogP contribution in [0.1, 0.15) is 63.4 Å². The molecule has 0 N–H and O–H groups in total. The Bertz CT molecular complexity index is 1210. The Morgan fingerprint density at radius 1 is 0.970 bits per heavy atom. The van der Waals surface area contributed by atoms with Gasteiger partial charge in [-0.1, -0.05) is 30.3 Å². The van der Waals surface area contributed by atoms with E-state index in [-0.39, 0.29) is 5.78 Å². The summed E-state index contributed by atoms with van der Waals surface area (Å²) in [6.07, 6.45) is 2.87. The van der Waals surface area contributed by atoms with Crippen LogP contribution >= 0.6 is 0 Å². The zero-order chi connectivity index (χ0) is 23.2. The first-order valence-corrected chi connectivity index (χ1v) is 11.8. The van der Waals surface area contributed by atoms with E-state index in [1.54, 1.807) is 0 Å². The third-order valence-electron chi connectivity index (χ3n) is 7.21. The lowest BCUT2D eigenvalue weighted by atomic mass is 9.81. The summed E-state index contributed by atoms with van der Waals surface area (Å²) in [4.78, 5) is 24.9. The normalized spacial score (nSPS) is 17.1. The predicted octanol–water partition coefficient (Wildman–Crippen LogP) is 5.31. The lowest BCUT2D eigenvalue weighted by molar-refractivity contribution is 0.0230. The molecule has 0 aliphatic carbocycles. The highest BCUT2D eigenvalue weighted by Gasteiger charge is 2.43. The Morgan fingerprint density at radius 2 is 1.67 bits per heavy atom. The molecule has 2 aliphatic rings. The third kappa shape index (κ3) is 4.12. The van der Waals surface area contributed by atoms with Gasteiger partial charge in [-0.05, 0) is 56.5 Å². The number of nitrogens with zero attached hydrogens (tertiary/aromatic N) is 3. The number of rotatable bonds is 3. The lowest BCUT2D eigenvalue weighted by Gasteiger charge is -2.44. The van der Waals surface area contributed by atoms with E-state index < -0.39 is 5.60 Å². The molecule has 1 saturated heterocycles. The van der Waals surface area contributed by atoms with Crippen LogP contribution in [0.2, 0.25) is 0 Å². The molecule has 0 unspecified atom stereocenters. The molecule has 0 bridgehead atoms. The van der Waals surface area contributed by atoms with Gasteiger partial charge >= 0.3 is 0 Å². The number of ketones is 1. The fourth-order valence-electron chi connectivity index (χ4n) is 5.14. The quantitative estimate of drug-likeness (QED) is 0.552. The van der Waals surface area contributed by atoms with Crippen molar-refractivity contribution in [3.05, 3.63) is 81.8 Å². The molecule has 1 aromatic heterocycles. The highest BCUT2D eigenvalue weighted by atomic mass is 16.5. The second kappa shape index (κ2) is 8.29. The van der Waals surface area contributed by atoms with Crippen LogP contribution in [0.3, 0.4) is 0 Å². The summed E-state index contributed by atoms with van der Waals surface area (Å²) in [6.45, 7) is 9.77.